The summed E-state index contributed by atoms with van der Waals surface area (Å²) in [5, 5.41) is 10.2. The Labute approximate surface area is 161 Å². The van der Waals surface area contributed by atoms with E-state index in [0.717, 1.165) is 39.4 Å². The van der Waals surface area contributed by atoms with E-state index in [4.69, 9.17) is 4.74 Å². The normalized spacial score (nSPS) is 12.3. The van der Waals surface area contributed by atoms with E-state index in [-0.39, 0.29) is 5.91 Å². The SMILES string of the molecule is Cn1c(CCNC(=O)c2[nH]nc3c2COc2ccccc2-3)nc2ccccc21. The quantitative estimate of drug-likeness (QED) is 0.576. The molecule has 7 heteroatoms. The first-order valence-corrected chi connectivity index (χ1v) is 9.20. The molecular weight excluding hydrogens is 354 g/mol. The topological polar surface area (TPSA) is 84.8 Å². The number of imidazole rings is 1. The maximum Gasteiger partial charge on any atom is 0.269 e. The molecule has 28 heavy (non-hydrogen) atoms. The van der Waals surface area contributed by atoms with E-state index in [0.29, 0.717) is 25.3 Å². The minimum Gasteiger partial charge on any atom is -0.488 e. The summed E-state index contributed by atoms with van der Waals surface area (Å²) in [5.41, 5.74) is 4.97. The van der Waals surface area contributed by atoms with E-state index in [2.05, 4.69) is 25.1 Å². The number of benzene rings is 2. The van der Waals surface area contributed by atoms with Gasteiger partial charge in [0.2, 0.25) is 0 Å². The molecule has 0 bridgehead atoms. The summed E-state index contributed by atoms with van der Waals surface area (Å²) in [4.78, 5) is 17.3. The highest BCUT2D eigenvalue weighted by molar-refractivity contribution is 5.96. The molecule has 1 amide bonds. The van der Waals surface area contributed by atoms with Gasteiger partial charge in [-0.25, -0.2) is 4.98 Å². The molecule has 140 valence electrons. The van der Waals surface area contributed by atoms with Crippen molar-refractivity contribution in [2.45, 2.75) is 13.0 Å². The summed E-state index contributed by atoms with van der Waals surface area (Å²) in [6.07, 6.45) is 0.645. The molecule has 0 radical (unpaired) electrons. The Morgan fingerprint density at radius 3 is 2.93 bits per heavy atom. The van der Waals surface area contributed by atoms with Crippen LogP contribution in [-0.2, 0) is 20.1 Å². The fraction of sp³-hybridized carbons (Fsp3) is 0.190. The number of nitrogens with zero attached hydrogens (tertiary/aromatic N) is 3. The number of aromatic amines is 1. The van der Waals surface area contributed by atoms with Gasteiger partial charge in [-0.15, -0.1) is 0 Å². The Bertz CT molecular complexity index is 1190. The molecule has 1 aliphatic rings. The van der Waals surface area contributed by atoms with Gasteiger partial charge in [0, 0.05) is 31.1 Å². The second-order valence-electron chi connectivity index (χ2n) is 6.79. The van der Waals surface area contributed by atoms with Crippen LogP contribution in [0, 0.1) is 0 Å². The smallest absolute Gasteiger partial charge is 0.269 e. The Morgan fingerprint density at radius 2 is 2.04 bits per heavy atom. The lowest BCUT2D eigenvalue weighted by atomic mass is 10.0. The first kappa shape index (κ1) is 16.6. The van der Waals surface area contributed by atoms with Gasteiger partial charge in [-0.05, 0) is 24.3 Å². The summed E-state index contributed by atoms with van der Waals surface area (Å²) < 4.78 is 7.83. The van der Waals surface area contributed by atoms with Crippen LogP contribution in [0.1, 0.15) is 21.9 Å². The minimum absolute atomic E-state index is 0.185. The molecule has 7 nitrogen and oxygen atoms in total. The van der Waals surface area contributed by atoms with Crippen molar-refractivity contribution in [3.8, 4) is 17.0 Å². The highest BCUT2D eigenvalue weighted by Crippen LogP contribution is 2.36. The molecule has 1 aliphatic heterocycles. The van der Waals surface area contributed by atoms with Crippen LogP contribution in [0.5, 0.6) is 5.75 Å². The number of aromatic nitrogens is 4. The second-order valence-corrected chi connectivity index (χ2v) is 6.79. The van der Waals surface area contributed by atoms with Crippen molar-refractivity contribution in [3.05, 3.63) is 65.6 Å². The molecule has 5 rings (SSSR count). The Kier molecular flexibility index (Phi) is 3.86. The van der Waals surface area contributed by atoms with Gasteiger partial charge in [0.25, 0.3) is 5.91 Å². The molecule has 2 N–H and O–H groups in total. The summed E-state index contributed by atoms with van der Waals surface area (Å²) in [7, 11) is 1.99. The summed E-state index contributed by atoms with van der Waals surface area (Å²) in [5.74, 6) is 1.54. The molecule has 0 spiro atoms. The summed E-state index contributed by atoms with van der Waals surface area (Å²) in [6.45, 7) is 0.817. The first-order valence-electron chi connectivity index (χ1n) is 9.20. The van der Waals surface area contributed by atoms with Crippen molar-refractivity contribution in [3.63, 3.8) is 0 Å². The van der Waals surface area contributed by atoms with Crippen LogP contribution < -0.4 is 10.1 Å². The van der Waals surface area contributed by atoms with E-state index < -0.39 is 0 Å². The number of ether oxygens (including phenoxy) is 1. The predicted octanol–water partition coefficient (Wildman–Crippen LogP) is 2.83. The van der Waals surface area contributed by atoms with Crippen LogP contribution in [0.3, 0.4) is 0 Å². The first-order chi connectivity index (χ1) is 13.7. The number of hydrogen-bond acceptors (Lipinski definition) is 4. The number of amides is 1. The molecule has 0 fully saturated rings. The minimum atomic E-state index is -0.185. The van der Waals surface area contributed by atoms with Crippen molar-refractivity contribution in [2.24, 2.45) is 7.05 Å². The second kappa shape index (κ2) is 6.53. The molecule has 2 aromatic heterocycles. The molecule has 0 unspecified atom stereocenters. The standard InChI is InChI=1S/C21H19N5O2/c1-26-16-8-4-3-7-15(16)23-18(26)10-11-22-21(27)20-14-12-28-17-9-5-2-6-13(17)19(14)24-25-20/h2-9H,10-12H2,1H3,(H,22,27)(H,24,25). The number of rotatable bonds is 4. The van der Waals surface area contributed by atoms with E-state index in [1.54, 1.807) is 0 Å². The Morgan fingerprint density at radius 1 is 1.21 bits per heavy atom. The number of carbonyl (C=O) groups is 1. The third-order valence-electron chi connectivity index (χ3n) is 5.12. The molecular formula is C21H19N5O2. The van der Waals surface area contributed by atoms with Crippen molar-refractivity contribution in [1.29, 1.82) is 0 Å². The van der Waals surface area contributed by atoms with Crippen molar-refractivity contribution in [1.82, 2.24) is 25.1 Å². The average Bonchev–Trinajstić information content (AvgIpc) is 3.30. The fourth-order valence-corrected chi connectivity index (χ4v) is 3.65. The number of fused-ring (bicyclic) bond motifs is 4. The van der Waals surface area contributed by atoms with Gasteiger partial charge in [0.1, 0.15) is 29.6 Å². The van der Waals surface area contributed by atoms with Crippen LogP contribution in [0.25, 0.3) is 22.3 Å². The highest BCUT2D eigenvalue weighted by Gasteiger charge is 2.26. The maximum atomic E-state index is 12.7. The zero-order valence-electron chi connectivity index (χ0n) is 15.4. The zero-order valence-corrected chi connectivity index (χ0v) is 15.4. The van der Waals surface area contributed by atoms with Gasteiger partial charge in [-0.3, -0.25) is 9.89 Å². The lowest BCUT2D eigenvalue weighted by Crippen LogP contribution is -2.28. The lowest BCUT2D eigenvalue weighted by Gasteiger charge is -2.17. The van der Waals surface area contributed by atoms with Gasteiger partial charge in [-0.1, -0.05) is 24.3 Å². The van der Waals surface area contributed by atoms with Crippen LogP contribution >= 0.6 is 0 Å². The molecule has 0 atom stereocenters. The number of aryl methyl sites for hydroxylation is 1. The van der Waals surface area contributed by atoms with E-state index in [9.17, 15) is 4.79 Å². The van der Waals surface area contributed by atoms with Crippen LogP contribution in [0.2, 0.25) is 0 Å². The Hall–Kier alpha value is -3.61. The summed E-state index contributed by atoms with van der Waals surface area (Å²) in [6, 6.07) is 15.7. The van der Waals surface area contributed by atoms with Crippen molar-refractivity contribution < 1.29 is 9.53 Å². The van der Waals surface area contributed by atoms with Crippen LogP contribution in [0.15, 0.2) is 48.5 Å². The zero-order chi connectivity index (χ0) is 19.1. The van der Waals surface area contributed by atoms with Gasteiger partial charge in [-0.2, -0.15) is 5.10 Å². The predicted molar refractivity (Wildman–Crippen MR) is 105 cm³/mol. The maximum absolute atomic E-state index is 12.7. The van der Waals surface area contributed by atoms with E-state index >= 15 is 0 Å². The average molecular weight is 373 g/mol. The van der Waals surface area contributed by atoms with Gasteiger partial charge < -0.3 is 14.6 Å². The monoisotopic (exact) mass is 373 g/mol. The molecule has 3 heterocycles. The molecule has 0 aliphatic carbocycles. The lowest BCUT2D eigenvalue weighted by molar-refractivity contribution is 0.0946. The Balaban J connectivity index is 1.31. The van der Waals surface area contributed by atoms with Gasteiger partial charge in [0.15, 0.2) is 0 Å². The van der Waals surface area contributed by atoms with E-state index in [1.165, 1.54) is 0 Å². The number of H-pyrrole nitrogens is 1. The number of hydrogen-bond donors (Lipinski definition) is 2. The van der Waals surface area contributed by atoms with Gasteiger partial charge in [0.05, 0.1) is 11.0 Å². The third kappa shape index (κ3) is 2.63. The van der Waals surface area contributed by atoms with E-state index in [1.807, 2.05) is 55.6 Å². The highest BCUT2D eigenvalue weighted by atomic mass is 16.5. The largest absolute Gasteiger partial charge is 0.488 e. The van der Waals surface area contributed by atoms with Crippen LogP contribution in [-0.4, -0.2) is 32.2 Å². The number of para-hydroxylation sites is 3. The number of nitrogens with one attached hydrogen (secondary N) is 2. The van der Waals surface area contributed by atoms with Crippen molar-refractivity contribution >= 4 is 16.9 Å². The fourth-order valence-electron chi connectivity index (χ4n) is 3.65. The molecule has 4 aromatic rings. The van der Waals surface area contributed by atoms with Gasteiger partial charge >= 0.3 is 0 Å². The third-order valence-corrected chi connectivity index (χ3v) is 5.12. The summed E-state index contributed by atoms with van der Waals surface area (Å²) >= 11 is 0. The number of carbonyl (C=O) groups excluding carboxylic acids is 1. The molecule has 2 aromatic carbocycles. The van der Waals surface area contributed by atoms with Crippen LogP contribution in [0.4, 0.5) is 0 Å². The molecule has 0 saturated carbocycles. The molecule has 0 saturated heterocycles. The van der Waals surface area contributed by atoms with Crippen molar-refractivity contribution in [2.75, 3.05) is 6.54 Å².